The largest absolute Gasteiger partial charge is 0.373 e. The van der Waals surface area contributed by atoms with Gasteiger partial charge in [0.25, 0.3) is 5.91 Å². The molecule has 0 aromatic carbocycles. The molecule has 104 valence electrons. The average Bonchev–Trinajstić information content (AvgIpc) is 2.84. The van der Waals surface area contributed by atoms with E-state index in [4.69, 9.17) is 10.5 Å². The van der Waals surface area contributed by atoms with Gasteiger partial charge in [-0.05, 0) is 19.1 Å². The molecule has 2 aromatic heterocycles. The number of nitrogens with zero attached hydrogens (tertiary/aromatic N) is 1. The number of carbonyl (C=O) groups excluding carboxylic acids is 1. The first-order chi connectivity index (χ1) is 9.58. The van der Waals surface area contributed by atoms with Gasteiger partial charge in [0, 0.05) is 22.5 Å². The first-order valence-corrected chi connectivity index (χ1v) is 7.10. The van der Waals surface area contributed by atoms with Gasteiger partial charge >= 0.3 is 0 Å². The summed E-state index contributed by atoms with van der Waals surface area (Å²) in [6.07, 6.45) is 1.80. The molecule has 5 nitrogen and oxygen atoms in total. The minimum atomic E-state index is -0.695. The van der Waals surface area contributed by atoms with Crippen LogP contribution < -0.4 is 11.2 Å². The summed E-state index contributed by atoms with van der Waals surface area (Å²) in [6.45, 7) is 3.41. The smallest absolute Gasteiger partial charge is 0.254 e. The van der Waals surface area contributed by atoms with Crippen LogP contribution in [0, 0.1) is 6.92 Å². The van der Waals surface area contributed by atoms with E-state index in [0.29, 0.717) is 24.4 Å². The summed E-state index contributed by atoms with van der Waals surface area (Å²) < 4.78 is 7.22. The molecule has 1 aliphatic rings. The lowest BCUT2D eigenvalue weighted by atomic mass is 10.1. The van der Waals surface area contributed by atoms with Gasteiger partial charge in [0.2, 0.25) is 5.43 Å². The Kier molecular flexibility index (Phi) is 3.19. The normalized spacial score (nSPS) is 14.1. The fraction of sp³-hybridized carbons (Fsp3) is 0.286. The summed E-state index contributed by atoms with van der Waals surface area (Å²) in [5.74, 6) is -0.695. The summed E-state index contributed by atoms with van der Waals surface area (Å²) in [4.78, 5) is 26.1. The van der Waals surface area contributed by atoms with Crippen molar-refractivity contribution in [2.24, 2.45) is 5.73 Å². The minimum Gasteiger partial charge on any atom is -0.373 e. The Bertz CT molecular complexity index is 745. The van der Waals surface area contributed by atoms with Crippen LogP contribution >= 0.6 is 11.3 Å². The minimum absolute atomic E-state index is 0.0493. The van der Waals surface area contributed by atoms with Gasteiger partial charge in [0.1, 0.15) is 5.56 Å². The number of hydrogen-bond donors (Lipinski definition) is 1. The molecule has 0 aliphatic carbocycles. The number of fused-ring (bicyclic) bond motifs is 1. The second kappa shape index (κ2) is 4.88. The molecule has 3 rings (SSSR count). The number of rotatable bonds is 2. The number of pyridine rings is 1. The predicted molar refractivity (Wildman–Crippen MR) is 76.9 cm³/mol. The van der Waals surface area contributed by atoms with Crippen molar-refractivity contribution in [3.8, 4) is 10.4 Å². The van der Waals surface area contributed by atoms with Crippen LogP contribution in [-0.4, -0.2) is 17.1 Å². The number of aryl methyl sites for hydroxylation is 1. The maximum atomic E-state index is 12.5. The van der Waals surface area contributed by atoms with Crippen molar-refractivity contribution in [2.75, 3.05) is 6.61 Å². The van der Waals surface area contributed by atoms with Crippen molar-refractivity contribution in [2.45, 2.75) is 20.1 Å². The predicted octanol–water partition coefficient (Wildman–Crippen LogP) is 1.51. The van der Waals surface area contributed by atoms with E-state index >= 15 is 0 Å². The third kappa shape index (κ3) is 2.07. The van der Waals surface area contributed by atoms with Gasteiger partial charge in [-0.25, -0.2) is 0 Å². The van der Waals surface area contributed by atoms with Gasteiger partial charge in [0.15, 0.2) is 0 Å². The molecule has 0 radical (unpaired) electrons. The number of primary amides is 1. The zero-order chi connectivity index (χ0) is 14.3. The Labute approximate surface area is 119 Å². The second-order valence-electron chi connectivity index (χ2n) is 4.71. The van der Waals surface area contributed by atoms with E-state index < -0.39 is 5.91 Å². The molecule has 0 spiro atoms. The molecule has 0 saturated carbocycles. The first kappa shape index (κ1) is 13.1. The standard InChI is InChI=1S/C14H14N2O3S/c1-8-2-3-11(20-8)9-6-16-4-5-19-7-10(16)12(13(9)17)14(15)18/h2-3,6H,4-5,7H2,1H3,(H2,15,18). The Balaban J connectivity index is 2.29. The number of nitrogens with two attached hydrogens (primary N) is 1. The summed E-state index contributed by atoms with van der Waals surface area (Å²) in [7, 11) is 0. The summed E-state index contributed by atoms with van der Waals surface area (Å²) in [5.41, 5.74) is 6.23. The first-order valence-electron chi connectivity index (χ1n) is 6.28. The molecule has 3 heterocycles. The Morgan fingerprint density at radius 3 is 2.90 bits per heavy atom. The fourth-order valence-corrected chi connectivity index (χ4v) is 3.27. The van der Waals surface area contributed by atoms with Crippen molar-refractivity contribution in [1.29, 1.82) is 0 Å². The van der Waals surface area contributed by atoms with E-state index in [9.17, 15) is 9.59 Å². The zero-order valence-corrected chi connectivity index (χ0v) is 11.8. The molecular weight excluding hydrogens is 276 g/mol. The van der Waals surface area contributed by atoms with E-state index in [-0.39, 0.29) is 17.6 Å². The second-order valence-corrected chi connectivity index (χ2v) is 6.00. The molecule has 1 aliphatic heterocycles. The van der Waals surface area contributed by atoms with E-state index in [1.54, 1.807) is 6.20 Å². The molecular formula is C14H14N2O3S. The molecule has 0 bridgehead atoms. The molecule has 6 heteroatoms. The number of amides is 1. The van der Waals surface area contributed by atoms with Crippen molar-refractivity contribution in [1.82, 2.24) is 4.57 Å². The lowest BCUT2D eigenvalue weighted by Gasteiger charge is -2.22. The molecule has 0 saturated heterocycles. The lowest BCUT2D eigenvalue weighted by molar-refractivity contribution is 0.0805. The quantitative estimate of drug-likeness (QED) is 0.911. The van der Waals surface area contributed by atoms with Gasteiger partial charge < -0.3 is 15.0 Å². The number of thiophene rings is 1. The monoisotopic (exact) mass is 290 g/mol. The highest BCUT2D eigenvalue weighted by atomic mass is 32.1. The lowest BCUT2D eigenvalue weighted by Crippen LogP contribution is -2.31. The van der Waals surface area contributed by atoms with Crippen LogP contribution in [-0.2, 0) is 17.9 Å². The van der Waals surface area contributed by atoms with Gasteiger partial charge in [0.05, 0.1) is 24.5 Å². The molecule has 2 N–H and O–H groups in total. The Hall–Kier alpha value is -1.92. The van der Waals surface area contributed by atoms with E-state index in [0.717, 1.165) is 9.75 Å². The van der Waals surface area contributed by atoms with Gasteiger partial charge in [-0.2, -0.15) is 0 Å². The van der Waals surface area contributed by atoms with E-state index in [1.165, 1.54) is 11.3 Å². The molecule has 20 heavy (non-hydrogen) atoms. The van der Waals surface area contributed by atoms with Crippen LogP contribution in [0.15, 0.2) is 23.1 Å². The van der Waals surface area contributed by atoms with Crippen LogP contribution in [0.1, 0.15) is 20.9 Å². The number of carbonyl (C=O) groups is 1. The SMILES string of the molecule is Cc1ccc(-c2cn3c(c(C(N)=O)c2=O)COCC3)s1. The van der Waals surface area contributed by atoms with Gasteiger partial charge in [-0.15, -0.1) is 11.3 Å². The fourth-order valence-electron chi connectivity index (χ4n) is 2.40. The summed E-state index contributed by atoms with van der Waals surface area (Å²) in [5, 5.41) is 0. The van der Waals surface area contributed by atoms with Crippen molar-refractivity contribution >= 4 is 17.2 Å². The molecule has 2 aromatic rings. The van der Waals surface area contributed by atoms with Crippen LogP contribution in [0.4, 0.5) is 0 Å². The number of hydrogen-bond acceptors (Lipinski definition) is 4. The van der Waals surface area contributed by atoms with Crippen molar-refractivity contribution < 1.29 is 9.53 Å². The van der Waals surface area contributed by atoms with Crippen LogP contribution in [0.2, 0.25) is 0 Å². The van der Waals surface area contributed by atoms with Gasteiger partial charge in [-0.3, -0.25) is 9.59 Å². The molecule has 0 atom stereocenters. The summed E-state index contributed by atoms with van der Waals surface area (Å²) in [6, 6.07) is 3.85. The van der Waals surface area contributed by atoms with Crippen LogP contribution in [0.25, 0.3) is 10.4 Å². The molecule has 1 amide bonds. The number of ether oxygens (including phenoxy) is 1. The highest BCUT2D eigenvalue weighted by Crippen LogP contribution is 2.27. The topological polar surface area (TPSA) is 74.3 Å². The highest BCUT2D eigenvalue weighted by Gasteiger charge is 2.23. The zero-order valence-electron chi connectivity index (χ0n) is 11.0. The van der Waals surface area contributed by atoms with Gasteiger partial charge in [-0.1, -0.05) is 0 Å². The molecule has 0 fully saturated rings. The van der Waals surface area contributed by atoms with Crippen molar-refractivity contribution in [3.63, 3.8) is 0 Å². The van der Waals surface area contributed by atoms with E-state index in [2.05, 4.69) is 0 Å². The van der Waals surface area contributed by atoms with Crippen LogP contribution in [0.3, 0.4) is 0 Å². The molecule has 0 unspecified atom stereocenters. The third-order valence-corrected chi connectivity index (χ3v) is 4.39. The Morgan fingerprint density at radius 1 is 1.45 bits per heavy atom. The van der Waals surface area contributed by atoms with Crippen LogP contribution in [0.5, 0.6) is 0 Å². The third-order valence-electron chi connectivity index (χ3n) is 3.36. The van der Waals surface area contributed by atoms with Crippen molar-refractivity contribution in [3.05, 3.63) is 44.7 Å². The average molecular weight is 290 g/mol. The maximum Gasteiger partial charge on any atom is 0.254 e. The summed E-state index contributed by atoms with van der Waals surface area (Å²) >= 11 is 1.53. The Morgan fingerprint density at radius 2 is 2.25 bits per heavy atom. The maximum absolute atomic E-state index is 12.5. The van der Waals surface area contributed by atoms with E-state index in [1.807, 2.05) is 23.6 Å². The highest BCUT2D eigenvalue weighted by molar-refractivity contribution is 7.15. The number of aromatic nitrogens is 1.